The van der Waals surface area contributed by atoms with E-state index in [0.717, 1.165) is 72.1 Å². The second-order valence-electron chi connectivity index (χ2n) is 13.1. The maximum Gasteiger partial charge on any atom is 0.133 e. The number of benzene rings is 2. The van der Waals surface area contributed by atoms with Crippen LogP contribution in [0, 0.1) is 6.92 Å². The number of hydrogen-bond donors (Lipinski definition) is 6. The Bertz CT molecular complexity index is 1510. The Balaban J connectivity index is 1.12. The topological polar surface area (TPSA) is 152 Å². The molecule has 1 aromatic heterocycles. The Morgan fingerprint density at radius 3 is 2.47 bits per heavy atom. The molecule has 2 aliphatic carbocycles. The molecule has 0 unspecified atom stereocenters. The first-order valence-corrected chi connectivity index (χ1v) is 17.1. The summed E-state index contributed by atoms with van der Waals surface area (Å²) < 4.78 is 6.25. The molecule has 5 rings (SSSR count). The molecule has 2 aliphatic rings. The minimum Gasteiger partial charge on any atom is -0.490 e. The van der Waals surface area contributed by atoms with Crippen LogP contribution in [0.25, 0.3) is 11.1 Å². The minimum atomic E-state index is -1.69. The first-order valence-electron chi connectivity index (χ1n) is 16.7. The first kappa shape index (κ1) is 35.4. The van der Waals surface area contributed by atoms with Gasteiger partial charge in [-0.15, -0.1) is 0 Å². The molecule has 4 atom stereocenters. The highest BCUT2D eigenvalue weighted by Crippen LogP contribution is 2.50. The van der Waals surface area contributed by atoms with Gasteiger partial charge in [0, 0.05) is 47.9 Å². The summed E-state index contributed by atoms with van der Waals surface area (Å²) in [5.74, 6) is 0.873. The fraction of sp³-hybridized carbons (Fsp3) is 0.514. The summed E-state index contributed by atoms with van der Waals surface area (Å²) in [6.45, 7) is 1.96. The molecule has 9 nitrogen and oxygen atoms in total. The molecule has 3 aromatic rings. The molecular formula is C37H47ClN2O7. The SMILES string of the molecule is Cc1cc(CNC2(c3cnccc3-c3ccccc3OC3CC3)CC2)c(Cl)cc1CCCCC(=O)CC[C@H](O)[C@@H](O)[C@H](O)[C@H](O)CO. The molecule has 10 heteroatoms. The van der Waals surface area contributed by atoms with E-state index >= 15 is 0 Å². The van der Waals surface area contributed by atoms with Crippen molar-refractivity contribution >= 4 is 17.4 Å². The van der Waals surface area contributed by atoms with Crippen LogP contribution in [0.2, 0.25) is 5.02 Å². The molecule has 1 heterocycles. The highest BCUT2D eigenvalue weighted by Gasteiger charge is 2.46. The molecule has 0 bridgehead atoms. The monoisotopic (exact) mass is 666 g/mol. The zero-order valence-corrected chi connectivity index (χ0v) is 27.7. The van der Waals surface area contributed by atoms with Gasteiger partial charge in [-0.05, 0) is 104 Å². The number of para-hydroxylation sites is 1. The van der Waals surface area contributed by atoms with Crippen LogP contribution >= 0.6 is 11.6 Å². The maximum absolute atomic E-state index is 12.3. The second kappa shape index (κ2) is 16.0. The quantitative estimate of drug-likeness (QED) is 0.101. The van der Waals surface area contributed by atoms with Crippen LogP contribution in [-0.2, 0) is 23.3 Å². The normalized spacial score (nSPS) is 17.9. The van der Waals surface area contributed by atoms with E-state index in [9.17, 15) is 25.2 Å². The van der Waals surface area contributed by atoms with Crippen molar-refractivity contribution < 1.29 is 35.1 Å². The minimum absolute atomic E-state index is 0.0368. The van der Waals surface area contributed by atoms with Crippen molar-refractivity contribution in [3.05, 3.63) is 82.1 Å². The fourth-order valence-corrected chi connectivity index (χ4v) is 6.34. The van der Waals surface area contributed by atoms with Crippen molar-refractivity contribution in [2.75, 3.05) is 6.61 Å². The van der Waals surface area contributed by atoms with Crippen molar-refractivity contribution in [1.29, 1.82) is 0 Å². The molecule has 0 aliphatic heterocycles. The molecule has 2 aromatic carbocycles. The molecule has 0 spiro atoms. The van der Waals surface area contributed by atoms with E-state index in [4.69, 9.17) is 21.4 Å². The summed E-state index contributed by atoms with van der Waals surface area (Å²) in [6, 6.07) is 14.5. The Kier molecular flexibility index (Phi) is 12.1. The molecular weight excluding hydrogens is 620 g/mol. The van der Waals surface area contributed by atoms with Crippen LogP contribution in [0.5, 0.6) is 5.75 Å². The van der Waals surface area contributed by atoms with E-state index in [-0.39, 0.29) is 24.2 Å². The van der Waals surface area contributed by atoms with E-state index in [1.54, 1.807) is 0 Å². The summed E-state index contributed by atoms with van der Waals surface area (Å²) in [6.07, 6.45) is 4.71. The number of nitrogens with one attached hydrogen (secondary N) is 1. The predicted molar refractivity (Wildman–Crippen MR) is 180 cm³/mol. The van der Waals surface area contributed by atoms with Gasteiger partial charge >= 0.3 is 0 Å². The van der Waals surface area contributed by atoms with Crippen molar-refractivity contribution in [2.45, 2.75) is 114 Å². The third-order valence-corrected chi connectivity index (χ3v) is 9.75. The summed E-state index contributed by atoms with van der Waals surface area (Å²) in [4.78, 5) is 16.8. The fourth-order valence-electron chi connectivity index (χ4n) is 6.09. The average Bonchev–Trinajstić information content (AvgIpc) is 4.03. The number of ether oxygens (including phenoxy) is 1. The van der Waals surface area contributed by atoms with Crippen LogP contribution in [0.3, 0.4) is 0 Å². The van der Waals surface area contributed by atoms with E-state index in [2.05, 4.69) is 41.5 Å². The van der Waals surface area contributed by atoms with E-state index in [1.165, 1.54) is 5.56 Å². The lowest BCUT2D eigenvalue weighted by molar-refractivity contribution is -0.125. The van der Waals surface area contributed by atoms with E-state index in [0.29, 0.717) is 30.5 Å². The van der Waals surface area contributed by atoms with Gasteiger partial charge in [0.2, 0.25) is 0 Å². The van der Waals surface area contributed by atoms with Crippen LogP contribution in [0.15, 0.2) is 54.9 Å². The number of carbonyl (C=O) groups is 1. The number of halogens is 1. The second-order valence-corrected chi connectivity index (χ2v) is 13.5. The molecule has 0 radical (unpaired) electrons. The van der Waals surface area contributed by atoms with Gasteiger partial charge in [-0.1, -0.05) is 35.9 Å². The average molecular weight is 667 g/mol. The lowest BCUT2D eigenvalue weighted by atomic mass is 9.94. The van der Waals surface area contributed by atoms with Gasteiger partial charge < -0.3 is 35.6 Å². The van der Waals surface area contributed by atoms with E-state index < -0.39 is 31.0 Å². The predicted octanol–water partition coefficient (Wildman–Crippen LogP) is 4.53. The highest BCUT2D eigenvalue weighted by atomic mass is 35.5. The third kappa shape index (κ3) is 9.18. The zero-order valence-electron chi connectivity index (χ0n) is 26.9. The number of nitrogens with zero attached hydrogens (tertiary/aromatic N) is 1. The lowest BCUT2D eigenvalue weighted by Crippen LogP contribution is -2.45. The van der Waals surface area contributed by atoms with Crippen molar-refractivity contribution in [3.8, 4) is 16.9 Å². The Hall–Kier alpha value is -2.89. The van der Waals surface area contributed by atoms with Crippen molar-refractivity contribution in [2.24, 2.45) is 0 Å². The van der Waals surface area contributed by atoms with Gasteiger partial charge in [-0.25, -0.2) is 0 Å². The highest BCUT2D eigenvalue weighted by molar-refractivity contribution is 6.31. The maximum atomic E-state index is 12.3. The number of pyridine rings is 1. The van der Waals surface area contributed by atoms with Gasteiger partial charge in [0.1, 0.15) is 29.8 Å². The summed E-state index contributed by atoms with van der Waals surface area (Å²) >= 11 is 6.80. The molecule has 2 fully saturated rings. The Morgan fingerprint density at radius 1 is 1.00 bits per heavy atom. The smallest absolute Gasteiger partial charge is 0.133 e. The van der Waals surface area contributed by atoms with Gasteiger partial charge in [0.05, 0.1) is 18.8 Å². The van der Waals surface area contributed by atoms with E-state index in [1.807, 2.05) is 30.6 Å². The summed E-state index contributed by atoms with van der Waals surface area (Å²) in [7, 11) is 0. The molecule has 0 amide bonds. The number of Topliss-reactive ketones (excluding diaryl/α,β-unsaturated/α-hetero) is 1. The number of carbonyl (C=O) groups excluding carboxylic acids is 1. The first-order chi connectivity index (χ1) is 22.6. The van der Waals surface area contributed by atoms with Gasteiger partial charge in [-0.2, -0.15) is 0 Å². The van der Waals surface area contributed by atoms with Crippen LogP contribution in [-0.4, -0.2) is 73.4 Å². The number of aliphatic hydroxyl groups is 5. The zero-order chi connectivity index (χ0) is 33.6. The standard InChI is InChI=1S/C37H47ClN2O7/c1-23-18-25(31(38)19-24(23)6-2-3-7-26(42)10-13-32(43)35(45)36(46)33(44)22-41)20-40-37(15-16-37)30-21-39-17-14-28(30)29-8-4-5-9-34(29)47-27-11-12-27/h4-5,8-9,14,17-19,21,27,32-33,35-36,40-41,43-46H,2-3,6-7,10-13,15-16,20,22H2,1H3/t32-,33+,35+,36+/m0/s1. The summed E-state index contributed by atoms with van der Waals surface area (Å²) in [5.41, 5.74) is 6.57. The Labute approximate surface area is 281 Å². The largest absolute Gasteiger partial charge is 0.490 e. The van der Waals surface area contributed by atoms with Crippen LogP contribution < -0.4 is 10.1 Å². The number of ketones is 1. The molecule has 6 N–H and O–H groups in total. The number of aryl methyl sites for hydroxylation is 2. The van der Waals surface area contributed by atoms with Crippen LogP contribution in [0.1, 0.15) is 80.0 Å². The van der Waals surface area contributed by atoms with Crippen molar-refractivity contribution in [3.63, 3.8) is 0 Å². The van der Waals surface area contributed by atoms with Crippen molar-refractivity contribution in [1.82, 2.24) is 10.3 Å². The number of aromatic nitrogens is 1. The van der Waals surface area contributed by atoms with Crippen LogP contribution in [0.4, 0.5) is 0 Å². The number of unbranched alkanes of at least 4 members (excludes halogenated alkanes) is 1. The van der Waals surface area contributed by atoms with Gasteiger partial charge in [0.25, 0.3) is 0 Å². The Morgan fingerprint density at radius 2 is 1.74 bits per heavy atom. The van der Waals surface area contributed by atoms with Gasteiger partial charge in [0.15, 0.2) is 0 Å². The lowest BCUT2D eigenvalue weighted by Gasteiger charge is -2.25. The molecule has 254 valence electrons. The summed E-state index contributed by atoms with van der Waals surface area (Å²) in [5, 5.41) is 52.5. The molecule has 0 saturated heterocycles. The third-order valence-electron chi connectivity index (χ3n) is 9.40. The molecule has 2 saturated carbocycles. The number of rotatable bonds is 19. The van der Waals surface area contributed by atoms with Gasteiger partial charge in [-0.3, -0.25) is 9.78 Å². The molecule has 47 heavy (non-hydrogen) atoms. The number of aliphatic hydroxyl groups excluding tert-OH is 5. The number of hydrogen-bond acceptors (Lipinski definition) is 9.